The van der Waals surface area contributed by atoms with Crippen molar-refractivity contribution in [1.82, 2.24) is 14.9 Å². The van der Waals surface area contributed by atoms with Crippen molar-refractivity contribution < 1.29 is 9.53 Å². The summed E-state index contributed by atoms with van der Waals surface area (Å²) in [5, 5.41) is 3.68. The van der Waals surface area contributed by atoms with Crippen LogP contribution in [-0.4, -0.2) is 26.6 Å². The molecule has 0 fully saturated rings. The van der Waals surface area contributed by atoms with Gasteiger partial charge < -0.3 is 4.74 Å². The summed E-state index contributed by atoms with van der Waals surface area (Å²) in [7, 11) is 0. The van der Waals surface area contributed by atoms with E-state index in [1.165, 1.54) is 17.4 Å². The van der Waals surface area contributed by atoms with Crippen LogP contribution in [0.1, 0.15) is 20.8 Å². The lowest BCUT2D eigenvalue weighted by molar-refractivity contribution is 0.0609. The molecule has 0 aromatic carbocycles. The highest BCUT2D eigenvalue weighted by atomic mass is 16.6. The Kier molecular flexibility index (Phi) is 2.50. The van der Waals surface area contributed by atoms with E-state index in [1.54, 1.807) is 20.8 Å². The molecule has 0 saturated heterocycles. The topological polar surface area (TPSA) is 69.0 Å². The fourth-order valence-electron chi connectivity index (χ4n) is 0.660. The first-order valence-electron chi connectivity index (χ1n) is 3.82. The van der Waals surface area contributed by atoms with Crippen LogP contribution in [0.4, 0.5) is 4.79 Å². The number of amides is 1. The van der Waals surface area contributed by atoms with Gasteiger partial charge in [-0.1, -0.05) is 0 Å². The number of carbonyl (C=O) groups is 1. The second-order valence-corrected chi connectivity index (χ2v) is 3.45. The van der Waals surface area contributed by atoms with Crippen molar-refractivity contribution in [2.45, 2.75) is 26.4 Å². The maximum atomic E-state index is 11.1. The van der Waals surface area contributed by atoms with Crippen molar-refractivity contribution in [3.05, 3.63) is 12.7 Å². The summed E-state index contributed by atoms with van der Waals surface area (Å²) < 4.78 is 4.97. The summed E-state index contributed by atoms with van der Waals surface area (Å²) in [6, 6.07) is 0. The molecule has 0 atom stereocenters. The molecular weight excluding hydrogens is 172 g/mol. The molecule has 0 saturated carbocycles. The Hall–Kier alpha value is -1.59. The normalized spacial score (nSPS) is 11.0. The van der Waals surface area contributed by atoms with Gasteiger partial charge in [0.1, 0.15) is 18.3 Å². The second-order valence-electron chi connectivity index (χ2n) is 3.45. The van der Waals surface area contributed by atoms with Crippen LogP contribution in [0.2, 0.25) is 0 Å². The Morgan fingerprint density at radius 2 is 2.23 bits per heavy atom. The molecule has 1 aromatic heterocycles. The zero-order chi connectivity index (χ0) is 9.90. The lowest BCUT2D eigenvalue weighted by Gasteiger charge is -2.19. The molecular formula is C7H12N4O2. The number of hydrogen-bond acceptors (Lipinski definition) is 4. The highest BCUT2D eigenvalue weighted by Crippen LogP contribution is 2.06. The van der Waals surface area contributed by atoms with E-state index in [4.69, 9.17) is 4.74 Å². The summed E-state index contributed by atoms with van der Waals surface area (Å²) in [6.07, 6.45) is 2.12. The minimum absolute atomic E-state index is 0.509. The third kappa shape index (κ3) is 3.55. The summed E-state index contributed by atoms with van der Waals surface area (Å²) in [6.45, 7) is 5.36. The summed E-state index contributed by atoms with van der Waals surface area (Å²) >= 11 is 0. The average Bonchev–Trinajstić information content (AvgIpc) is 2.34. The van der Waals surface area contributed by atoms with Gasteiger partial charge in [-0.05, 0) is 20.8 Å². The molecule has 0 aliphatic heterocycles. The molecule has 13 heavy (non-hydrogen) atoms. The molecule has 1 heterocycles. The van der Waals surface area contributed by atoms with Crippen LogP contribution in [0.3, 0.4) is 0 Å². The highest BCUT2D eigenvalue weighted by Gasteiger charge is 2.16. The van der Waals surface area contributed by atoms with Crippen molar-refractivity contribution in [3.8, 4) is 0 Å². The standard InChI is InChI=1S/C7H12N4O2/c1-7(2,3)13-6(12)10-11-5-8-4-9-11/h4-5H,1-3H3,(H,10,12). The quantitative estimate of drug-likeness (QED) is 0.699. The van der Waals surface area contributed by atoms with Gasteiger partial charge in [0.25, 0.3) is 0 Å². The predicted molar refractivity (Wildman–Crippen MR) is 45.6 cm³/mol. The Bertz CT molecular complexity index is 275. The lowest BCUT2D eigenvalue weighted by atomic mass is 10.2. The number of ether oxygens (including phenoxy) is 1. The first-order chi connectivity index (χ1) is 5.97. The molecule has 1 rings (SSSR count). The number of nitrogens with one attached hydrogen (secondary N) is 1. The maximum absolute atomic E-state index is 11.1. The van der Waals surface area contributed by atoms with Crippen LogP contribution in [0.5, 0.6) is 0 Å². The van der Waals surface area contributed by atoms with Gasteiger partial charge in [0.15, 0.2) is 0 Å². The molecule has 1 amide bonds. The van der Waals surface area contributed by atoms with Crippen LogP contribution < -0.4 is 5.43 Å². The van der Waals surface area contributed by atoms with E-state index < -0.39 is 11.7 Å². The molecule has 0 radical (unpaired) electrons. The fourth-order valence-corrected chi connectivity index (χ4v) is 0.660. The van der Waals surface area contributed by atoms with Crippen LogP contribution in [-0.2, 0) is 4.74 Å². The Balaban J connectivity index is 2.43. The number of rotatable bonds is 1. The maximum Gasteiger partial charge on any atom is 0.428 e. The molecule has 1 N–H and O–H groups in total. The SMILES string of the molecule is CC(C)(C)OC(=O)Nn1cncn1. The molecule has 0 aliphatic rings. The Morgan fingerprint density at radius 3 is 2.69 bits per heavy atom. The van der Waals surface area contributed by atoms with Gasteiger partial charge in [0, 0.05) is 0 Å². The van der Waals surface area contributed by atoms with Crippen LogP contribution >= 0.6 is 0 Å². The number of aromatic nitrogens is 3. The van der Waals surface area contributed by atoms with E-state index in [0.29, 0.717) is 0 Å². The molecule has 6 heteroatoms. The zero-order valence-corrected chi connectivity index (χ0v) is 7.81. The first kappa shape index (κ1) is 9.50. The molecule has 6 nitrogen and oxygen atoms in total. The van der Waals surface area contributed by atoms with E-state index in [0.717, 1.165) is 0 Å². The van der Waals surface area contributed by atoms with Crippen molar-refractivity contribution in [2.75, 3.05) is 5.43 Å². The zero-order valence-electron chi connectivity index (χ0n) is 7.81. The number of nitrogens with zero attached hydrogens (tertiary/aromatic N) is 3. The monoisotopic (exact) mass is 184 g/mol. The van der Waals surface area contributed by atoms with Gasteiger partial charge in [0.2, 0.25) is 0 Å². The van der Waals surface area contributed by atoms with Crippen LogP contribution in [0.25, 0.3) is 0 Å². The number of carbonyl (C=O) groups excluding carboxylic acids is 1. The third-order valence-electron chi connectivity index (χ3n) is 1.02. The second kappa shape index (κ2) is 3.42. The largest absolute Gasteiger partial charge is 0.443 e. The van der Waals surface area contributed by atoms with Gasteiger partial charge in [0.05, 0.1) is 0 Å². The minimum Gasteiger partial charge on any atom is -0.443 e. The Labute approximate surface area is 75.9 Å². The van der Waals surface area contributed by atoms with Crippen molar-refractivity contribution in [1.29, 1.82) is 0 Å². The summed E-state index contributed by atoms with van der Waals surface area (Å²) in [5.74, 6) is 0. The van der Waals surface area contributed by atoms with Crippen LogP contribution in [0, 0.1) is 0 Å². The van der Waals surface area contributed by atoms with E-state index in [1.807, 2.05) is 0 Å². The molecule has 1 aromatic rings. The average molecular weight is 184 g/mol. The van der Waals surface area contributed by atoms with Crippen molar-refractivity contribution in [2.24, 2.45) is 0 Å². The molecule has 72 valence electrons. The van der Waals surface area contributed by atoms with Gasteiger partial charge in [-0.25, -0.2) is 15.2 Å². The first-order valence-corrected chi connectivity index (χ1v) is 3.82. The summed E-state index contributed by atoms with van der Waals surface area (Å²) in [5.41, 5.74) is 1.85. The molecule has 0 spiro atoms. The van der Waals surface area contributed by atoms with E-state index in [-0.39, 0.29) is 0 Å². The molecule has 0 unspecified atom stereocenters. The predicted octanol–water partition coefficient (Wildman–Crippen LogP) is 0.757. The highest BCUT2D eigenvalue weighted by molar-refractivity contribution is 5.75. The lowest BCUT2D eigenvalue weighted by Crippen LogP contribution is -2.31. The summed E-state index contributed by atoms with van der Waals surface area (Å²) in [4.78, 5) is 15.9. The van der Waals surface area contributed by atoms with Gasteiger partial charge >= 0.3 is 6.09 Å². The molecule has 0 aliphatic carbocycles. The number of hydrogen-bond donors (Lipinski definition) is 1. The minimum atomic E-state index is -0.557. The van der Waals surface area contributed by atoms with Crippen LogP contribution in [0.15, 0.2) is 12.7 Å². The van der Waals surface area contributed by atoms with E-state index in [2.05, 4.69) is 15.5 Å². The van der Waals surface area contributed by atoms with Gasteiger partial charge in [-0.3, -0.25) is 0 Å². The van der Waals surface area contributed by atoms with Gasteiger partial charge in [-0.15, -0.1) is 5.10 Å². The van der Waals surface area contributed by atoms with Crippen molar-refractivity contribution >= 4 is 6.09 Å². The third-order valence-corrected chi connectivity index (χ3v) is 1.02. The van der Waals surface area contributed by atoms with E-state index >= 15 is 0 Å². The van der Waals surface area contributed by atoms with Gasteiger partial charge in [-0.2, -0.15) is 4.79 Å². The smallest absolute Gasteiger partial charge is 0.428 e. The molecule has 0 bridgehead atoms. The van der Waals surface area contributed by atoms with E-state index in [9.17, 15) is 4.79 Å². The Morgan fingerprint density at radius 1 is 1.54 bits per heavy atom. The van der Waals surface area contributed by atoms with Crippen molar-refractivity contribution in [3.63, 3.8) is 0 Å². The fraction of sp³-hybridized carbons (Fsp3) is 0.571.